The second-order valence-corrected chi connectivity index (χ2v) is 5.55. The largest absolute Gasteiger partial charge is 0.489 e. The molecule has 4 nitrogen and oxygen atoms in total. The van der Waals surface area contributed by atoms with E-state index in [1.807, 2.05) is 54.6 Å². The summed E-state index contributed by atoms with van der Waals surface area (Å²) >= 11 is 0. The fourth-order valence-electron chi connectivity index (χ4n) is 2.56. The third-order valence-corrected chi connectivity index (χ3v) is 3.74. The first-order valence-electron chi connectivity index (χ1n) is 7.42. The van der Waals surface area contributed by atoms with Gasteiger partial charge < -0.3 is 14.7 Å². The van der Waals surface area contributed by atoms with E-state index in [4.69, 9.17) is 4.74 Å². The van der Waals surface area contributed by atoms with Crippen molar-refractivity contribution in [3.05, 3.63) is 65.7 Å². The molecular weight excluding hydrogens is 278 g/mol. The van der Waals surface area contributed by atoms with E-state index in [1.54, 1.807) is 4.90 Å². The Morgan fingerprint density at radius 3 is 2.41 bits per heavy atom. The molecule has 0 bridgehead atoms. The van der Waals surface area contributed by atoms with E-state index >= 15 is 0 Å². The molecule has 1 atom stereocenters. The third kappa shape index (κ3) is 3.65. The van der Waals surface area contributed by atoms with Gasteiger partial charge in [0.2, 0.25) is 5.91 Å². The average Bonchev–Trinajstić information content (AvgIpc) is 2.85. The van der Waals surface area contributed by atoms with Crippen LogP contribution in [0.25, 0.3) is 0 Å². The fourth-order valence-corrected chi connectivity index (χ4v) is 2.56. The summed E-state index contributed by atoms with van der Waals surface area (Å²) in [5.41, 5.74) is 2.16. The predicted molar refractivity (Wildman–Crippen MR) is 83.3 cm³/mol. The Balaban J connectivity index is 1.55. The highest BCUT2D eigenvalue weighted by molar-refractivity contribution is 5.79. The Kier molecular flexibility index (Phi) is 4.39. The summed E-state index contributed by atoms with van der Waals surface area (Å²) < 4.78 is 5.73. The highest BCUT2D eigenvalue weighted by atomic mass is 16.5. The molecule has 1 aliphatic rings. The van der Waals surface area contributed by atoms with Crippen molar-refractivity contribution in [3.63, 3.8) is 0 Å². The normalized spacial score (nSPS) is 17.8. The van der Waals surface area contributed by atoms with Crippen molar-refractivity contribution < 1.29 is 14.6 Å². The highest BCUT2D eigenvalue weighted by Gasteiger charge is 2.27. The number of carbonyl (C=O) groups excluding carboxylic acids is 1. The van der Waals surface area contributed by atoms with E-state index in [1.165, 1.54) is 0 Å². The molecule has 1 aliphatic heterocycles. The Morgan fingerprint density at radius 1 is 1.05 bits per heavy atom. The molecule has 0 spiro atoms. The van der Waals surface area contributed by atoms with Gasteiger partial charge in [0.1, 0.15) is 12.4 Å². The molecule has 22 heavy (non-hydrogen) atoms. The van der Waals surface area contributed by atoms with Gasteiger partial charge in [-0.25, -0.2) is 0 Å². The van der Waals surface area contributed by atoms with Crippen LogP contribution in [0.4, 0.5) is 0 Å². The zero-order chi connectivity index (χ0) is 15.4. The number of hydrogen-bond acceptors (Lipinski definition) is 3. The Bertz CT molecular complexity index is 625. The lowest BCUT2D eigenvalue weighted by atomic mass is 10.2. The molecule has 1 fully saturated rings. The monoisotopic (exact) mass is 297 g/mol. The Hall–Kier alpha value is -2.33. The Labute approximate surface area is 130 Å². The molecule has 0 aromatic heterocycles. The summed E-state index contributed by atoms with van der Waals surface area (Å²) in [6.07, 6.45) is -0.292. The molecule has 1 unspecified atom stereocenters. The van der Waals surface area contributed by atoms with E-state index in [0.717, 1.165) is 16.9 Å². The molecule has 0 aliphatic carbocycles. The first-order chi connectivity index (χ1) is 10.7. The molecule has 1 heterocycles. The number of aliphatic hydroxyl groups is 1. The van der Waals surface area contributed by atoms with E-state index in [0.29, 0.717) is 19.7 Å². The maximum atomic E-state index is 11.7. The summed E-state index contributed by atoms with van der Waals surface area (Å²) in [5, 5.41) is 9.49. The molecule has 0 radical (unpaired) electrons. The molecule has 3 rings (SSSR count). The zero-order valence-corrected chi connectivity index (χ0v) is 12.3. The maximum absolute atomic E-state index is 11.7. The van der Waals surface area contributed by atoms with Gasteiger partial charge in [-0.05, 0) is 23.3 Å². The van der Waals surface area contributed by atoms with Crippen molar-refractivity contribution in [1.82, 2.24) is 4.90 Å². The number of β-amino-alcohol motifs (C(OH)–C–C–N with tert-alkyl or cyclic N) is 1. The highest BCUT2D eigenvalue weighted by Crippen LogP contribution is 2.18. The number of carbonyl (C=O) groups is 1. The fraction of sp³-hybridized carbons (Fsp3) is 0.278. The van der Waals surface area contributed by atoms with Crippen molar-refractivity contribution in [2.75, 3.05) is 6.54 Å². The van der Waals surface area contributed by atoms with Gasteiger partial charge in [-0.15, -0.1) is 0 Å². The first-order valence-corrected chi connectivity index (χ1v) is 7.42. The SMILES string of the molecule is O=C1CC(O)CN1Cc1ccc(OCc2ccccc2)cc1. The van der Waals surface area contributed by atoms with Crippen molar-refractivity contribution in [2.24, 2.45) is 0 Å². The molecule has 2 aromatic carbocycles. The minimum atomic E-state index is -0.527. The van der Waals surface area contributed by atoms with Gasteiger partial charge in [0.25, 0.3) is 0 Å². The van der Waals surface area contributed by atoms with Crippen LogP contribution in [0, 0.1) is 0 Å². The number of ether oxygens (including phenoxy) is 1. The van der Waals surface area contributed by atoms with Crippen molar-refractivity contribution in [3.8, 4) is 5.75 Å². The van der Waals surface area contributed by atoms with Crippen LogP contribution in [0.5, 0.6) is 5.75 Å². The van der Waals surface area contributed by atoms with Gasteiger partial charge in [-0.3, -0.25) is 4.79 Å². The summed E-state index contributed by atoms with van der Waals surface area (Å²) in [5.74, 6) is 0.817. The van der Waals surface area contributed by atoms with E-state index in [2.05, 4.69) is 0 Å². The van der Waals surface area contributed by atoms with Crippen LogP contribution < -0.4 is 4.74 Å². The minimum Gasteiger partial charge on any atom is -0.489 e. The number of likely N-dealkylation sites (tertiary alicyclic amines) is 1. The number of aliphatic hydroxyl groups excluding tert-OH is 1. The van der Waals surface area contributed by atoms with Gasteiger partial charge in [-0.2, -0.15) is 0 Å². The van der Waals surface area contributed by atoms with Gasteiger partial charge >= 0.3 is 0 Å². The maximum Gasteiger partial charge on any atom is 0.225 e. The molecule has 4 heteroatoms. The lowest BCUT2D eigenvalue weighted by molar-refractivity contribution is -0.128. The summed E-state index contributed by atoms with van der Waals surface area (Å²) in [6, 6.07) is 17.7. The standard InChI is InChI=1S/C18H19NO3/c20-16-10-18(21)19(12-16)11-14-6-8-17(9-7-14)22-13-15-4-2-1-3-5-15/h1-9,16,20H,10-13H2. The molecular formula is C18H19NO3. The quantitative estimate of drug-likeness (QED) is 0.921. The van der Waals surface area contributed by atoms with Crippen LogP contribution >= 0.6 is 0 Å². The van der Waals surface area contributed by atoms with Gasteiger partial charge in [-0.1, -0.05) is 42.5 Å². The number of benzene rings is 2. The second kappa shape index (κ2) is 6.62. The van der Waals surface area contributed by atoms with Crippen LogP contribution in [0.15, 0.2) is 54.6 Å². The number of amides is 1. The summed E-state index contributed by atoms with van der Waals surface area (Å²) in [6.45, 7) is 1.50. The van der Waals surface area contributed by atoms with E-state index < -0.39 is 6.10 Å². The molecule has 1 N–H and O–H groups in total. The van der Waals surface area contributed by atoms with Crippen LogP contribution in [0.1, 0.15) is 17.5 Å². The number of rotatable bonds is 5. The molecule has 2 aromatic rings. The summed E-state index contributed by atoms with van der Waals surface area (Å²) in [4.78, 5) is 13.3. The number of nitrogens with zero attached hydrogens (tertiary/aromatic N) is 1. The van der Waals surface area contributed by atoms with Gasteiger partial charge in [0.15, 0.2) is 0 Å². The predicted octanol–water partition coefficient (Wildman–Crippen LogP) is 2.36. The molecule has 1 amide bonds. The third-order valence-electron chi connectivity index (χ3n) is 3.74. The van der Waals surface area contributed by atoms with E-state index in [9.17, 15) is 9.90 Å². The van der Waals surface area contributed by atoms with Crippen LogP contribution in [-0.4, -0.2) is 28.6 Å². The van der Waals surface area contributed by atoms with Gasteiger partial charge in [0, 0.05) is 13.1 Å². The summed E-state index contributed by atoms with van der Waals surface area (Å²) in [7, 11) is 0. The van der Waals surface area contributed by atoms with Crippen molar-refractivity contribution in [2.45, 2.75) is 25.7 Å². The zero-order valence-electron chi connectivity index (χ0n) is 12.3. The lowest BCUT2D eigenvalue weighted by Gasteiger charge is -2.16. The van der Waals surface area contributed by atoms with Crippen molar-refractivity contribution in [1.29, 1.82) is 0 Å². The lowest BCUT2D eigenvalue weighted by Crippen LogP contribution is -2.25. The van der Waals surface area contributed by atoms with Crippen molar-refractivity contribution >= 4 is 5.91 Å². The van der Waals surface area contributed by atoms with Gasteiger partial charge in [0.05, 0.1) is 12.5 Å². The molecule has 1 saturated heterocycles. The second-order valence-electron chi connectivity index (χ2n) is 5.55. The molecule has 114 valence electrons. The number of hydrogen-bond donors (Lipinski definition) is 1. The first kappa shape index (κ1) is 14.6. The molecule has 0 saturated carbocycles. The smallest absolute Gasteiger partial charge is 0.225 e. The van der Waals surface area contributed by atoms with Crippen LogP contribution in [0.3, 0.4) is 0 Å². The minimum absolute atomic E-state index is 0.0110. The van der Waals surface area contributed by atoms with Crippen LogP contribution in [-0.2, 0) is 17.9 Å². The van der Waals surface area contributed by atoms with E-state index in [-0.39, 0.29) is 12.3 Å². The Morgan fingerprint density at radius 2 is 1.77 bits per heavy atom. The van der Waals surface area contributed by atoms with Crippen LogP contribution in [0.2, 0.25) is 0 Å². The average molecular weight is 297 g/mol. The topological polar surface area (TPSA) is 49.8 Å².